The van der Waals surface area contributed by atoms with Gasteiger partial charge in [-0.05, 0) is 67.3 Å². The molecule has 0 saturated heterocycles. The third kappa shape index (κ3) is 3.99. The molecule has 5 nitrogen and oxygen atoms in total. The summed E-state index contributed by atoms with van der Waals surface area (Å²) in [4.78, 5) is 27.1. The summed E-state index contributed by atoms with van der Waals surface area (Å²) in [6, 6.07) is 20.6. The normalized spacial score (nSPS) is 12.4. The van der Waals surface area contributed by atoms with Crippen LogP contribution in [0.25, 0.3) is 0 Å². The van der Waals surface area contributed by atoms with Crippen molar-refractivity contribution in [2.75, 3.05) is 22.1 Å². The summed E-state index contributed by atoms with van der Waals surface area (Å²) in [6.45, 7) is 4.58. The van der Waals surface area contributed by atoms with Crippen molar-refractivity contribution in [3.63, 3.8) is 0 Å². The SMILES string of the molecule is Cc1ccc(C)c(NC(=O)Nc2ccc3c(c2)N(C(=O)c2ccccc2)CC3)c1. The maximum Gasteiger partial charge on any atom is 0.323 e. The lowest BCUT2D eigenvalue weighted by Crippen LogP contribution is -2.29. The predicted molar refractivity (Wildman–Crippen MR) is 117 cm³/mol. The molecular weight excluding hydrogens is 362 g/mol. The molecule has 0 saturated carbocycles. The fourth-order valence-corrected chi connectivity index (χ4v) is 3.56. The summed E-state index contributed by atoms with van der Waals surface area (Å²) in [5.41, 5.74) is 6.13. The molecule has 1 heterocycles. The molecule has 0 atom stereocenters. The number of fused-ring (bicyclic) bond motifs is 1. The molecule has 0 spiro atoms. The lowest BCUT2D eigenvalue weighted by atomic mass is 10.1. The van der Waals surface area contributed by atoms with Gasteiger partial charge in [0.25, 0.3) is 5.91 Å². The average Bonchev–Trinajstić information content (AvgIpc) is 3.14. The number of nitrogens with one attached hydrogen (secondary N) is 2. The van der Waals surface area contributed by atoms with Crippen LogP contribution >= 0.6 is 0 Å². The highest BCUT2D eigenvalue weighted by Gasteiger charge is 2.26. The van der Waals surface area contributed by atoms with Crippen LogP contribution in [0.15, 0.2) is 66.7 Å². The van der Waals surface area contributed by atoms with Gasteiger partial charge in [0.1, 0.15) is 0 Å². The third-order valence-corrected chi connectivity index (χ3v) is 5.15. The first-order valence-corrected chi connectivity index (χ1v) is 9.66. The highest BCUT2D eigenvalue weighted by molar-refractivity contribution is 6.08. The summed E-state index contributed by atoms with van der Waals surface area (Å²) in [5, 5.41) is 5.77. The molecule has 0 aromatic heterocycles. The van der Waals surface area contributed by atoms with Crippen molar-refractivity contribution in [1.29, 1.82) is 0 Å². The first-order valence-electron chi connectivity index (χ1n) is 9.66. The number of rotatable bonds is 3. The average molecular weight is 385 g/mol. The zero-order chi connectivity index (χ0) is 20.4. The van der Waals surface area contributed by atoms with Gasteiger partial charge in [-0.3, -0.25) is 4.79 Å². The van der Waals surface area contributed by atoms with Gasteiger partial charge in [-0.2, -0.15) is 0 Å². The van der Waals surface area contributed by atoms with E-state index in [1.54, 1.807) is 4.90 Å². The van der Waals surface area contributed by atoms with Gasteiger partial charge in [0, 0.05) is 29.2 Å². The monoisotopic (exact) mass is 385 g/mol. The standard InChI is InChI=1S/C24H23N3O2/c1-16-8-9-17(2)21(14-16)26-24(29)25-20-11-10-18-12-13-27(22(18)15-20)23(28)19-6-4-3-5-7-19/h3-11,14-15H,12-13H2,1-2H3,(H2,25,26,29). The Morgan fingerprint density at radius 2 is 1.69 bits per heavy atom. The van der Waals surface area contributed by atoms with Crippen LogP contribution in [0.1, 0.15) is 27.0 Å². The second-order valence-corrected chi connectivity index (χ2v) is 7.31. The molecule has 5 heteroatoms. The minimum atomic E-state index is -0.308. The van der Waals surface area contributed by atoms with Crippen LogP contribution in [0.4, 0.5) is 21.9 Å². The van der Waals surface area contributed by atoms with Gasteiger partial charge in [0.2, 0.25) is 0 Å². The van der Waals surface area contributed by atoms with Crippen LogP contribution in [0.2, 0.25) is 0 Å². The van der Waals surface area contributed by atoms with Crippen molar-refractivity contribution < 1.29 is 9.59 Å². The van der Waals surface area contributed by atoms with Crippen molar-refractivity contribution in [2.45, 2.75) is 20.3 Å². The van der Waals surface area contributed by atoms with Crippen LogP contribution in [0.3, 0.4) is 0 Å². The lowest BCUT2D eigenvalue weighted by molar-refractivity contribution is 0.0989. The second-order valence-electron chi connectivity index (χ2n) is 7.31. The van der Waals surface area contributed by atoms with Crippen LogP contribution in [0, 0.1) is 13.8 Å². The molecule has 0 radical (unpaired) electrons. The van der Waals surface area contributed by atoms with E-state index in [9.17, 15) is 9.59 Å². The van der Waals surface area contributed by atoms with E-state index >= 15 is 0 Å². The summed E-state index contributed by atoms with van der Waals surface area (Å²) in [7, 11) is 0. The largest absolute Gasteiger partial charge is 0.323 e. The summed E-state index contributed by atoms with van der Waals surface area (Å²) in [6.07, 6.45) is 0.808. The molecule has 0 aliphatic carbocycles. The molecule has 146 valence electrons. The minimum absolute atomic E-state index is 0.0265. The number of carbonyl (C=O) groups is 2. The van der Waals surface area contributed by atoms with E-state index in [0.717, 1.165) is 34.5 Å². The van der Waals surface area contributed by atoms with Gasteiger partial charge in [0.15, 0.2) is 0 Å². The maximum atomic E-state index is 12.9. The number of carbonyl (C=O) groups excluding carboxylic acids is 2. The Morgan fingerprint density at radius 1 is 0.897 bits per heavy atom. The molecule has 3 aromatic carbocycles. The number of hydrogen-bond donors (Lipinski definition) is 2. The topological polar surface area (TPSA) is 61.4 Å². The first kappa shape index (κ1) is 18.7. The van der Waals surface area contributed by atoms with Gasteiger partial charge < -0.3 is 15.5 Å². The fourth-order valence-electron chi connectivity index (χ4n) is 3.56. The molecule has 3 aromatic rings. The predicted octanol–water partition coefficient (Wildman–Crippen LogP) is 5.15. The Labute approximate surface area is 170 Å². The molecule has 4 rings (SSSR count). The molecule has 0 unspecified atom stereocenters. The second kappa shape index (κ2) is 7.80. The Morgan fingerprint density at radius 3 is 2.48 bits per heavy atom. The van der Waals surface area contributed by atoms with Crippen LogP contribution in [0.5, 0.6) is 0 Å². The summed E-state index contributed by atoms with van der Waals surface area (Å²) < 4.78 is 0. The van der Waals surface area contributed by atoms with Crippen LogP contribution in [-0.2, 0) is 6.42 Å². The Kier molecular flexibility index (Phi) is 5.04. The van der Waals surface area contributed by atoms with E-state index in [1.807, 2.05) is 80.6 Å². The van der Waals surface area contributed by atoms with E-state index in [1.165, 1.54) is 0 Å². The van der Waals surface area contributed by atoms with Gasteiger partial charge in [-0.1, -0.05) is 36.4 Å². The Hall–Kier alpha value is -3.60. The molecule has 0 fully saturated rings. The fraction of sp³-hybridized carbons (Fsp3) is 0.167. The number of benzene rings is 3. The van der Waals surface area contributed by atoms with Crippen molar-refractivity contribution >= 4 is 29.0 Å². The quantitative estimate of drug-likeness (QED) is 0.655. The number of aryl methyl sites for hydroxylation is 2. The van der Waals surface area contributed by atoms with Gasteiger partial charge >= 0.3 is 6.03 Å². The Bertz CT molecular complexity index is 1080. The highest BCUT2D eigenvalue weighted by atomic mass is 16.2. The van der Waals surface area contributed by atoms with Crippen molar-refractivity contribution in [2.24, 2.45) is 0 Å². The van der Waals surface area contributed by atoms with E-state index in [-0.39, 0.29) is 11.9 Å². The smallest absolute Gasteiger partial charge is 0.308 e. The molecule has 29 heavy (non-hydrogen) atoms. The Balaban J connectivity index is 1.51. The summed E-state index contributed by atoms with van der Waals surface area (Å²) in [5.74, 6) is -0.0265. The van der Waals surface area contributed by atoms with E-state index in [0.29, 0.717) is 17.8 Å². The highest BCUT2D eigenvalue weighted by Crippen LogP contribution is 2.32. The van der Waals surface area contributed by atoms with Crippen molar-refractivity contribution in [1.82, 2.24) is 0 Å². The molecule has 3 amide bonds. The van der Waals surface area contributed by atoms with Crippen LogP contribution < -0.4 is 15.5 Å². The molecule has 1 aliphatic heterocycles. The summed E-state index contributed by atoms with van der Waals surface area (Å²) >= 11 is 0. The van der Waals surface area contributed by atoms with Gasteiger partial charge in [-0.25, -0.2) is 4.79 Å². The molecular formula is C24H23N3O2. The van der Waals surface area contributed by atoms with Crippen LogP contribution in [-0.4, -0.2) is 18.5 Å². The molecule has 0 bridgehead atoms. The van der Waals surface area contributed by atoms with Crippen molar-refractivity contribution in [3.8, 4) is 0 Å². The van der Waals surface area contributed by atoms with E-state index in [4.69, 9.17) is 0 Å². The zero-order valence-corrected chi connectivity index (χ0v) is 16.5. The third-order valence-electron chi connectivity index (χ3n) is 5.15. The van der Waals surface area contributed by atoms with Crippen molar-refractivity contribution in [3.05, 3.63) is 89.0 Å². The number of urea groups is 1. The van der Waals surface area contributed by atoms with Gasteiger partial charge in [-0.15, -0.1) is 0 Å². The van der Waals surface area contributed by atoms with E-state index < -0.39 is 0 Å². The van der Waals surface area contributed by atoms with E-state index in [2.05, 4.69) is 10.6 Å². The number of nitrogens with zero attached hydrogens (tertiary/aromatic N) is 1. The zero-order valence-electron chi connectivity index (χ0n) is 16.5. The van der Waals surface area contributed by atoms with Gasteiger partial charge in [0.05, 0.1) is 0 Å². The molecule has 1 aliphatic rings. The number of anilines is 3. The maximum absolute atomic E-state index is 12.9. The number of amides is 3. The minimum Gasteiger partial charge on any atom is -0.308 e. The number of hydrogen-bond acceptors (Lipinski definition) is 2. The molecule has 2 N–H and O–H groups in total. The lowest BCUT2D eigenvalue weighted by Gasteiger charge is -2.18. The first-order chi connectivity index (χ1) is 14.0.